The molecule has 0 bridgehead atoms. The minimum absolute atomic E-state index is 0.0336. The molecule has 0 fully saturated rings. The van der Waals surface area contributed by atoms with Gasteiger partial charge >= 0.3 is 5.97 Å². The molecule has 2 unspecified atom stereocenters. The molecule has 74 valence electrons. The van der Waals surface area contributed by atoms with Gasteiger partial charge in [-0.25, -0.2) is 0 Å². The molecular formula is C9H15NO3. The molecule has 0 aliphatic rings. The SMILES string of the molecule is CCCCC(O)CC(C#N)C(=O)O. The average molecular weight is 185 g/mol. The largest absolute Gasteiger partial charge is 0.480 e. The van der Waals surface area contributed by atoms with Gasteiger partial charge in [-0.2, -0.15) is 5.26 Å². The van der Waals surface area contributed by atoms with E-state index in [2.05, 4.69) is 0 Å². The number of aliphatic carboxylic acids is 1. The molecule has 0 aromatic carbocycles. The van der Waals surface area contributed by atoms with Gasteiger partial charge < -0.3 is 10.2 Å². The number of hydrogen-bond acceptors (Lipinski definition) is 3. The summed E-state index contributed by atoms with van der Waals surface area (Å²) in [5.74, 6) is -2.23. The summed E-state index contributed by atoms with van der Waals surface area (Å²) < 4.78 is 0. The number of hydrogen-bond donors (Lipinski definition) is 2. The van der Waals surface area contributed by atoms with Crippen molar-refractivity contribution in [3.05, 3.63) is 0 Å². The van der Waals surface area contributed by atoms with Crippen LogP contribution in [0.4, 0.5) is 0 Å². The summed E-state index contributed by atoms with van der Waals surface area (Å²) >= 11 is 0. The highest BCUT2D eigenvalue weighted by Gasteiger charge is 2.20. The van der Waals surface area contributed by atoms with Crippen molar-refractivity contribution in [2.24, 2.45) is 5.92 Å². The van der Waals surface area contributed by atoms with E-state index in [-0.39, 0.29) is 6.42 Å². The van der Waals surface area contributed by atoms with E-state index in [0.717, 1.165) is 12.8 Å². The fourth-order valence-corrected chi connectivity index (χ4v) is 1.04. The number of rotatable bonds is 6. The molecule has 0 aromatic heterocycles. The molecule has 0 radical (unpaired) electrons. The van der Waals surface area contributed by atoms with E-state index in [1.165, 1.54) is 0 Å². The van der Waals surface area contributed by atoms with Crippen LogP contribution < -0.4 is 0 Å². The van der Waals surface area contributed by atoms with Crippen LogP contribution in [0.25, 0.3) is 0 Å². The van der Waals surface area contributed by atoms with E-state index < -0.39 is 18.0 Å². The quantitative estimate of drug-likeness (QED) is 0.650. The predicted molar refractivity (Wildman–Crippen MR) is 46.9 cm³/mol. The number of carbonyl (C=O) groups is 1. The van der Waals surface area contributed by atoms with Crippen molar-refractivity contribution in [2.45, 2.75) is 38.7 Å². The molecule has 0 aliphatic carbocycles. The van der Waals surface area contributed by atoms with Gasteiger partial charge in [-0.05, 0) is 12.8 Å². The van der Waals surface area contributed by atoms with Crippen molar-refractivity contribution in [2.75, 3.05) is 0 Å². The summed E-state index contributed by atoms with van der Waals surface area (Å²) in [5, 5.41) is 26.3. The molecule has 0 aliphatic heterocycles. The van der Waals surface area contributed by atoms with Crippen LogP contribution in [0, 0.1) is 17.2 Å². The summed E-state index contributed by atoms with van der Waals surface area (Å²) in [6, 6.07) is 1.65. The Morgan fingerprint density at radius 2 is 2.23 bits per heavy atom. The Labute approximate surface area is 77.8 Å². The zero-order valence-electron chi connectivity index (χ0n) is 7.73. The molecule has 0 amide bonds. The number of aliphatic hydroxyl groups is 1. The minimum Gasteiger partial charge on any atom is -0.480 e. The van der Waals surface area contributed by atoms with Crippen LogP contribution in [0.2, 0.25) is 0 Å². The van der Waals surface area contributed by atoms with Crippen molar-refractivity contribution in [3.8, 4) is 6.07 Å². The standard InChI is InChI=1S/C9H15NO3/c1-2-3-4-8(11)5-7(6-10)9(12)13/h7-8,11H,2-5H2,1H3,(H,12,13). The number of aliphatic hydroxyl groups excluding tert-OH is 1. The first-order valence-corrected chi connectivity index (χ1v) is 4.42. The zero-order valence-corrected chi connectivity index (χ0v) is 7.73. The highest BCUT2D eigenvalue weighted by molar-refractivity contribution is 5.72. The fourth-order valence-electron chi connectivity index (χ4n) is 1.04. The van der Waals surface area contributed by atoms with Crippen molar-refractivity contribution in [1.82, 2.24) is 0 Å². The molecule has 2 atom stereocenters. The molecule has 0 spiro atoms. The predicted octanol–water partition coefficient (Wildman–Crippen LogP) is 1.15. The van der Waals surface area contributed by atoms with Gasteiger partial charge in [-0.3, -0.25) is 4.79 Å². The lowest BCUT2D eigenvalue weighted by Crippen LogP contribution is -2.19. The molecule has 0 heterocycles. The first-order valence-electron chi connectivity index (χ1n) is 4.42. The lowest BCUT2D eigenvalue weighted by molar-refractivity contribution is -0.140. The second-order valence-corrected chi connectivity index (χ2v) is 3.05. The number of nitrogens with zero attached hydrogens (tertiary/aromatic N) is 1. The van der Waals surface area contributed by atoms with Crippen LogP contribution in [0.15, 0.2) is 0 Å². The average Bonchev–Trinajstić information content (AvgIpc) is 2.10. The third-order valence-electron chi connectivity index (χ3n) is 1.85. The Hall–Kier alpha value is -1.08. The highest BCUT2D eigenvalue weighted by atomic mass is 16.4. The summed E-state index contributed by atoms with van der Waals surface area (Å²) in [7, 11) is 0. The summed E-state index contributed by atoms with van der Waals surface area (Å²) in [5.41, 5.74) is 0. The van der Waals surface area contributed by atoms with E-state index in [9.17, 15) is 9.90 Å². The Kier molecular flexibility index (Phi) is 5.90. The molecule has 2 N–H and O–H groups in total. The fraction of sp³-hybridized carbons (Fsp3) is 0.778. The van der Waals surface area contributed by atoms with E-state index >= 15 is 0 Å². The van der Waals surface area contributed by atoms with E-state index in [4.69, 9.17) is 10.4 Å². The number of nitriles is 1. The van der Waals surface area contributed by atoms with Crippen molar-refractivity contribution >= 4 is 5.97 Å². The van der Waals surface area contributed by atoms with Gasteiger partial charge in [0.1, 0.15) is 5.92 Å². The second-order valence-electron chi connectivity index (χ2n) is 3.05. The molecule has 0 aromatic rings. The first-order chi connectivity index (χ1) is 6.11. The Bertz CT molecular complexity index is 198. The normalized spacial score (nSPS) is 14.5. The van der Waals surface area contributed by atoms with E-state index in [0.29, 0.717) is 6.42 Å². The maximum atomic E-state index is 10.4. The van der Waals surface area contributed by atoms with Gasteiger partial charge in [0.25, 0.3) is 0 Å². The molecule has 13 heavy (non-hydrogen) atoms. The number of carboxylic acid groups (broad SMARTS) is 1. The van der Waals surface area contributed by atoms with Gasteiger partial charge in [-0.1, -0.05) is 19.8 Å². The van der Waals surface area contributed by atoms with Gasteiger partial charge in [0, 0.05) is 0 Å². The summed E-state index contributed by atoms with van der Waals surface area (Å²) in [6.45, 7) is 1.99. The molecule has 4 heteroatoms. The van der Waals surface area contributed by atoms with Crippen LogP contribution in [0.1, 0.15) is 32.6 Å². The lowest BCUT2D eigenvalue weighted by Gasteiger charge is -2.10. The third-order valence-corrected chi connectivity index (χ3v) is 1.85. The lowest BCUT2D eigenvalue weighted by atomic mass is 10.00. The minimum atomic E-state index is -1.15. The first kappa shape index (κ1) is 11.9. The maximum Gasteiger partial charge on any atom is 0.320 e. The number of unbranched alkanes of at least 4 members (excludes halogenated alkanes) is 1. The van der Waals surface area contributed by atoms with E-state index in [1.54, 1.807) is 6.07 Å². The smallest absolute Gasteiger partial charge is 0.320 e. The molecule has 0 saturated carbocycles. The monoisotopic (exact) mass is 185 g/mol. The highest BCUT2D eigenvalue weighted by Crippen LogP contribution is 2.11. The van der Waals surface area contributed by atoms with E-state index in [1.807, 2.05) is 6.92 Å². The summed E-state index contributed by atoms with van der Waals surface area (Å²) in [4.78, 5) is 10.4. The van der Waals surface area contributed by atoms with Gasteiger partial charge in [0.2, 0.25) is 0 Å². The maximum absolute atomic E-state index is 10.4. The number of carboxylic acids is 1. The summed E-state index contributed by atoms with van der Waals surface area (Å²) in [6.07, 6.45) is 1.76. The molecule has 0 saturated heterocycles. The van der Waals surface area contributed by atoms with Crippen LogP contribution in [0.3, 0.4) is 0 Å². The van der Waals surface area contributed by atoms with Crippen LogP contribution in [-0.2, 0) is 4.79 Å². The van der Waals surface area contributed by atoms with Gasteiger partial charge in [-0.15, -0.1) is 0 Å². The Morgan fingerprint density at radius 1 is 1.62 bits per heavy atom. The van der Waals surface area contributed by atoms with Crippen LogP contribution >= 0.6 is 0 Å². The topological polar surface area (TPSA) is 81.3 Å². The molecule has 4 nitrogen and oxygen atoms in total. The second kappa shape index (κ2) is 6.44. The van der Waals surface area contributed by atoms with Crippen LogP contribution in [0.5, 0.6) is 0 Å². The third kappa shape index (κ3) is 5.21. The van der Waals surface area contributed by atoms with Gasteiger partial charge in [0.05, 0.1) is 12.2 Å². The Morgan fingerprint density at radius 3 is 2.62 bits per heavy atom. The zero-order chi connectivity index (χ0) is 10.3. The molecule has 0 rings (SSSR count). The molecular weight excluding hydrogens is 170 g/mol. The van der Waals surface area contributed by atoms with Crippen molar-refractivity contribution < 1.29 is 15.0 Å². The van der Waals surface area contributed by atoms with Gasteiger partial charge in [0.15, 0.2) is 0 Å². The van der Waals surface area contributed by atoms with Crippen molar-refractivity contribution in [1.29, 1.82) is 5.26 Å². The Balaban J connectivity index is 3.82. The van der Waals surface area contributed by atoms with Crippen LogP contribution in [-0.4, -0.2) is 22.3 Å². The van der Waals surface area contributed by atoms with Crippen molar-refractivity contribution in [3.63, 3.8) is 0 Å².